The van der Waals surface area contributed by atoms with E-state index in [1.807, 2.05) is 13.0 Å². The highest BCUT2D eigenvalue weighted by Gasteiger charge is 2.15. The molecule has 0 aromatic carbocycles. The average molecular weight is 243 g/mol. The lowest BCUT2D eigenvalue weighted by molar-refractivity contribution is -0.143. The molecule has 0 bridgehead atoms. The first kappa shape index (κ1) is 12.9. The van der Waals surface area contributed by atoms with Gasteiger partial charge in [0.05, 0.1) is 17.8 Å². The van der Waals surface area contributed by atoms with Crippen molar-refractivity contribution in [3.05, 3.63) is 29.0 Å². The Morgan fingerprint density at radius 1 is 1.62 bits per heavy atom. The van der Waals surface area contributed by atoms with Gasteiger partial charge in [-0.25, -0.2) is 0 Å². The molecule has 0 aliphatic rings. The number of rotatable bonds is 5. The summed E-state index contributed by atoms with van der Waals surface area (Å²) in [6.45, 7) is 2.44. The Labute approximate surface area is 100.0 Å². The van der Waals surface area contributed by atoms with Gasteiger partial charge in [0.15, 0.2) is 0 Å². The van der Waals surface area contributed by atoms with Gasteiger partial charge in [0.1, 0.15) is 6.04 Å². The number of carbonyl (C=O) groups excluding carboxylic acids is 1. The van der Waals surface area contributed by atoms with Crippen LogP contribution in [-0.4, -0.2) is 24.1 Å². The van der Waals surface area contributed by atoms with Gasteiger partial charge in [0, 0.05) is 12.7 Å². The van der Waals surface area contributed by atoms with E-state index < -0.39 is 0 Å². The number of methoxy groups -OCH3 is 1. The number of nitrogens with one attached hydrogen (secondary N) is 1. The topological polar surface area (TPSA) is 51.2 Å². The first-order valence-electron chi connectivity index (χ1n) is 5.09. The molecule has 0 radical (unpaired) electrons. The van der Waals surface area contributed by atoms with Crippen molar-refractivity contribution in [1.82, 2.24) is 10.3 Å². The van der Waals surface area contributed by atoms with Gasteiger partial charge in [0.25, 0.3) is 0 Å². The molecule has 16 heavy (non-hydrogen) atoms. The van der Waals surface area contributed by atoms with Crippen LogP contribution in [-0.2, 0) is 16.1 Å². The van der Waals surface area contributed by atoms with Crippen molar-refractivity contribution < 1.29 is 9.53 Å². The monoisotopic (exact) mass is 242 g/mol. The number of carbonyl (C=O) groups is 1. The van der Waals surface area contributed by atoms with Crippen LogP contribution in [0.4, 0.5) is 0 Å². The van der Waals surface area contributed by atoms with Gasteiger partial charge in [-0.3, -0.25) is 15.1 Å². The molecule has 88 valence electrons. The third kappa shape index (κ3) is 3.79. The fraction of sp³-hybridized carbons (Fsp3) is 0.455. The molecule has 0 fully saturated rings. The average Bonchev–Trinajstić information content (AvgIpc) is 2.31. The molecule has 0 saturated heterocycles. The summed E-state index contributed by atoms with van der Waals surface area (Å²) in [4.78, 5) is 15.4. The summed E-state index contributed by atoms with van der Waals surface area (Å²) in [5, 5.41) is 3.68. The van der Waals surface area contributed by atoms with Crippen molar-refractivity contribution >= 4 is 17.6 Å². The molecule has 5 heteroatoms. The molecule has 1 atom stereocenters. The predicted molar refractivity (Wildman–Crippen MR) is 62.2 cm³/mol. The molecule has 4 nitrogen and oxygen atoms in total. The van der Waals surface area contributed by atoms with Crippen LogP contribution in [0.3, 0.4) is 0 Å². The van der Waals surface area contributed by atoms with Gasteiger partial charge in [-0.15, -0.1) is 0 Å². The van der Waals surface area contributed by atoms with Crippen molar-refractivity contribution in [3.8, 4) is 0 Å². The van der Waals surface area contributed by atoms with Crippen molar-refractivity contribution in [2.24, 2.45) is 0 Å². The van der Waals surface area contributed by atoms with Crippen LogP contribution in [0.15, 0.2) is 18.3 Å². The number of esters is 1. The van der Waals surface area contributed by atoms with Crippen molar-refractivity contribution in [1.29, 1.82) is 0 Å². The maximum atomic E-state index is 11.3. The molecule has 1 aromatic rings. The summed E-state index contributed by atoms with van der Waals surface area (Å²) in [6, 6.07) is 3.30. The Balaban J connectivity index is 2.49. The van der Waals surface area contributed by atoms with Gasteiger partial charge >= 0.3 is 5.97 Å². The molecular formula is C11H15ClN2O2. The van der Waals surface area contributed by atoms with Crippen LogP contribution in [0, 0.1) is 0 Å². The molecule has 0 saturated carbocycles. The highest BCUT2D eigenvalue weighted by atomic mass is 35.5. The quantitative estimate of drug-likeness (QED) is 0.800. The van der Waals surface area contributed by atoms with E-state index >= 15 is 0 Å². The number of hydrogen-bond acceptors (Lipinski definition) is 4. The van der Waals surface area contributed by atoms with Gasteiger partial charge in [-0.05, 0) is 18.6 Å². The van der Waals surface area contributed by atoms with E-state index in [-0.39, 0.29) is 12.0 Å². The summed E-state index contributed by atoms with van der Waals surface area (Å²) in [5.41, 5.74) is 0.840. The zero-order valence-electron chi connectivity index (χ0n) is 9.37. The van der Waals surface area contributed by atoms with E-state index in [1.165, 1.54) is 7.11 Å². The number of hydrogen-bond donors (Lipinski definition) is 1. The van der Waals surface area contributed by atoms with Crippen LogP contribution >= 0.6 is 11.6 Å². The number of nitrogens with zero attached hydrogens (tertiary/aromatic N) is 1. The fourth-order valence-corrected chi connectivity index (χ4v) is 1.39. The molecular weight excluding hydrogens is 228 g/mol. The Morgan fingerprint density at radius 3 is 2.88 bits per heavy atom. The zero-order chi connectivity index (χ0) is 12.0. The maximum absolute atomic E-state index is 11.3. The summed E-state index contributed by atoms with van der Waals surface area (Å²) < 4.78 is 4.67. The van der Waals surface area contributed by atoms with Gasteiger partial charge in [-0.2, -0.15) is 0 Å². The number of pyridine rings is 1. The van der Waals surface area contributed by atoms with Crippen LogP contribution < -0.4 is 5.32 Å². The second-order valence-corrected chi connectivity index (χ2v) is 3.77. The molecule has 0 unspecified atom stereocenters. The maximum Gasteiger partial charge on any atom is 0.322 e. The minimum Gasteiger partial charge on any atom is -0.468 e. The van der Waals surface area contributed by atoms with Crippen molar-refractivity contribution in [2.45, 2.75) is 25.9 Å². The third-order valence-corrected chi connectivity index (χ3v) is 2.44. The van der Waals surface area contributed by atoms with E-state index in [9.17, 15) is 4.79 Å². The molecule has 1 N–H and O–H groups in total. The lowest BCUT2D eigenvalue weighted by Crippen LogP contribution is -2.36. The van der Waals surface area contributed by atoms with E-state index in [4.69, 9.17) is 11.6 Å². The second kappa shape index (κ2) is 6.45. The van der Waals surface area contributed by atoms with Crippen molar-refractivity contribution in [3.63, 3.8) is 0 Å². The highest BCUT2D eigenvalue weighted by molar-refractivity contribution is 6.30. The summed E-state index contributed by atoms with van der Waals surface area (Å²) in [7, 11) is 1.38. The Morgan fingerprint density at radius 2 is 2.38 bits per heavy atom. The molecule has 1 aromatic heterocycles. The summed E-state index contributed by atoms with van der Waals surface area (Å²) in [6.07, 6.45) is 2.26. The van der Waals surface area contributed by atoms with Crippen LogP contribution in [0.2, 0.25) is 5.02 Å². The highest BCUT2D eigenvalue weighted by Crippen LogP contribution is 2.06. The van der Waals surface area contributed by atoms with E-state index in [1.54, 1.807) is 12.3 Å². The fourth-order valence-electron chi connectivity index (χ4n) is 1.28. The molecule has 0 amide bonds. The first-order chi connectivity index (χ1) is 7.67. The lowest BCUT2D eigenvalue weighted by atomic mass is 10.2. The van der Waals surface area contributed by atoms with Gasteiger partial charge in [0.2, 0.25) is 0 Å². The Bertz CT molecular complexity index is 340. The molecule has 1 rings (SSSR count). The van der Waals surface area contributed by atoms with E-state index in [0.717, 1.165) is 5.69 Å². The normalized spacial score (nSPS) is 12.2. The SMILES string of the molecule is CC[C@@H](NCc1ccc(Cl)cn1)C(=O)OC. The largest absolute Gasteiger partial charge is 0.468 e. The van der Waals surface area contributed by atoms with Crippen molar-refractivity contribution in [2.75, 3.05) is 7.11 Å². The first-order valence-corrected chi connectivity index (χ1v) is 5.46. The summed E-state index contributed by atoms with van der Waals surface area (Å²) in [5.74, 6) is -0.253. The van der Waals surface area contributed by atoms with Gasteiger partial charge < -0.3 is 4.74 Å². The predicted octanol–water partition coefficient (Wildman–Crippen LogP) is 1.78. The van der Waals surface area contributed by atoms with E-state index in [2.05, 4.69) is 15.0 Å². The molecule has 0 aliphatic carbocycles. The standard InChI is InChI=1S/C11H15ClN2O2/c1-3-10(11(15)16-2)14-7-9-5-4-8(12)6-13-9/h4-6,10,14H,3,7H2,1-2H3/t10-/m1/s1. The number of aromatic nitrogens is 1. The van der Waals surface area contributed by atoms with Crippen LogP contribution in [0.1, 0.15) is 19.0 Å². The zero-order valence-corrected chi connectivity index (χ0v) is 10.1. The summed E-state index contributed by atoms with van der Waals surface area (Å²) >= 11 is 5.72. The number of ether oxygens (including phenoxy) is 1. The Kier molecular flexibility index (Phi) is 5.22. The molecule has 1 heterocycles. The Hall–Kier alpha value is -1.13. The van der Waals surface area contributed by atoms with Crippen LogP contribution in [0.25, 0.3) is 0 Å². The van der Waals surface area contributed by atoms with Gasteiger partial charge in [-0.1, -0.05) is 18.5 Å². The smallest absolute Gasteiger partial charge is 0.322 e. The lowest BCUT2D eigenvalue weighted by Gasteiger charge is -2.13. The third-order valence-electron chi connectivity index (χ3n) is 2.21. The minimum absolute atomic E-state index is 0.253. The molecule has 0 aliphatic heterocycles. The van der Waals surface area contributed by atoms with E-state index in [0.29, 0.717) is 18.0 Å². The number of halogens is 1. The molecule has 0 spiro atoms. The second-order valence-electron chi connectivity index (χ2n) is 3.33. The van der Waals surface area contributed by atoms with Crippen LogP contribution in [0.5, 0.6) is 0 Å². The minimum atomic E-state index is -0.289.